The van der Waals surface area contributed by atoms with Gasteiger partial charge in [0, 0.05) is 6.20 Å². The lowest BCUT2D eigenvalue weighted by molar-refractivity contribution is 0.0992. The van der Waals surface area contributed by atoms with E-state index in [-0.39, 0.29) is 29.0 Å². The van der Waals surface area contributed by atoms with Crippen LogP contribution < -0.4 is 10.1 Å². The molecule has 0 spiro atoms. The van der Waals surface area contributed by atoms with Crippen molar-refractivity contribution >= 4 is 23.3 Å². The number of nitrogens with one attached hydrogen (secondary N) is 1. The van der Waals surface area contributed by atoms with Crippen molar-refractivity contribution in [1.82, 2.24) is 9.78 Å². The van der Waals surface area contributed by atoms with Crippen LogP contribution in [0.2, 0.25) is 5.02 Å². The van der Waals surface area contributed by atoms with Crippen LogP contribution >= 0.6 is 11.6 Å². The summed E-state index contributed by atoms with van der Waals surface area (Å²) in [6.45, 7) is 2.68. The van der Waals surface area contributed by atoms with E-state index in [0.717, 1.165) is 17.7 Å². The lowest BCUT2D eigenvalue weighted by Gasteiger charge is -2.05. The number of amides is 1. The zero-order chi connectivity index (χ0) is 22.5. The van der Waals surface area contributed by atoms with Crippen LogP contribution in [0, 0.1) is 5.82 Å². The third-order valence-corrected chi connectivity index (χ3v) is 5.08. The molecule has 0 bridgehead atoms. The number of hydrogen-bond donors (Lipinski definition) is 1. The molecule has 4 aromatic rings. The van der Waals surface area contributed by atoms with Crippen molar-refractivity contribution in [2.24, 2.45) is 0 Å². The fraction of sp³-hybridized carbons (Fsp3) is 0.167. The number of hydrogen-bond acceptors (Lipinski definition) is 4. The summed E-state index contributed by atoms with van der Waals surface area (Å²) in [5.74, 6) is 0.791. The molecule has 4 rings (SSSR count). The summed E-state index contributed by atoms with van der Waals surface area (Å²) >= 11 is 6.20. The van der Waals surface area contributed by atoms with Crippen LogP contribution in [-0.4, -0.2) is 15.7 Å². The fourth-order valence-electron chi connectivity index (χ4n) is 3.06. The lowest BCUT2D eigenvalue weighted by atomic mass is 10.2. The van der Waals surface area contributed by atoms with Crippen LogP contribution in [0.25, 0.3) is 0 Å². The molecule has 0 radical (unpaired) electrons. The molecule has 2 heterocycles. The number of carbonyl (C=O) groups is 1. The number of aryl methyl sites for hydroxylation is 1. The highest BCUT2D eigenvalue weighted by Crippen LogP contribution is 2.22. The van der Waals surface area contributed by atoms with Gasteiger partial charge in [-0.1, -0.05) is 42.8 Å². The summed E-state index contributed by atoms with van der Waals surface area (Å²) < 4.78 is 25.9. The van der Waals surface area contributed by atoms with Gasteiger partial charge in [0.15, 0.2) is 11.6 Å². The maximum absolute atomic E-state index is 13.1. The Hall–Kier alpha value is -3.58. The normalized spacial score (nSPS) is 10.8. The van der Waals surface area contributed by atoms with Gasteiger partial charge in [0.05, 0.1) is 6.54 Å². The zero-order valence-corrected chi connectivity index (χ0v) is 18.1. The van der Waals surface area contributed by atoms with Crippen molar-refractivity contribution in [2.45, 2.75) is 26.5 Å². The molecule has 0 saturated heterocycles. The number of benzene rings is 2. The number of carbonyl (C=O) groups excluding carboxylic acids is 1. The first-order chi connectivity index (χ1) is 15.5. The maximum Gasteiger partial charge on any atom is 0.292 e. The molecule has 0 aliphatic carbocycles. The van der Waals surface area contributed by atoms with Gasteiger partial charge in [-0.3, -0.25) is 9.48 Å². The van der Waals surface area contributed by atoms with E-state index in [9.17, 15) is 9.18 Å². The van der Waals surface area contributed by atoms with Crippen LogP contribution in [-0.2, 0) is 19.6 Å². The molecule has 1 N–H and O–H groups in total. The van der Waals surface area contributed by atoms with Crippen molar-refractivity contribution in [3.8, 4) is 5.75 Å². The number of ether oxygens (including phenoxy) is 1. The van der Waals surface area contributed by atoms with Crippen molar-refractivity contribution in [3.63, 3.8) is 0 Å². The summed E-state index contributed by atoms with van der Waals surface area (Å²) in [5, 5.41) is 7.21. The van der Waals surface area contributed by atoms with Crippen molar-refractivity contribution in [1.29, 1.82) is 0 Å². The van der Waals surface area contributed by atoms with Gasteiger partial charge in [0.25, 0.3) is 5.91 Å². The highest BCUT2D eigenvalue weighted by Gasteiger charge is 2.16. The molecule has 1 amide bonds. The van der Waals surface area contributed by atoms with Crippen LogP contribution in [0.5, 0.6) is 5.75 Å². The maximum atomic E-state index is 13.1. The Morgan fingerprint density at radius 2 is 1.81 bits per heavy atom. The van der Waals surface area contributed by atoms with Crippen LogP contribution in [0.4, 0.5) is 10.2 Å². The second-order valence-corrected chi connectivity index (χ2v) is 7.56. The smallest absolute Gasteiger partial charge is 0.292 e. The van der Waals surface area contributed by atoms with Crippen molar-refractivity contribution in [2.75, 3.05) is 5.32 Å². The minimum Gasteiger partial charge on any atom is -0.486 e. The van der Waals surface area contributed by atoms with Crippen LogP contribution in [0.15, 0.2) is 71.3 Å². The Balaban J connectivity index is 1.35. The third kappa shape index (κ3) is 5.36. The van der Waals surface area contributed by atoms with Crippen molar-refractivity contribution in [3.05, 3.63) is 100 Å². The van der Waals surface area contributed by atoms with Gasteiger partial charge in [0.1, 0.15) is 29.0 Å². The number of rotatable bonds is 8. The van der Waals surface area contributed by atoms with E-state index in [0.29, 0.717) is 12.3 Å². The summed E-state index contributed by atoms with van der Waals surface area (Å²) in [5.41, 5.74) is 2.08. The molecule has 2 aromatic heterocycles. The highest BCUT2D eigenvalue weighted by molar-refractivity contribution is 6.33. The summed E-state index contributed by atoms with van der Waals surface area (Å²) in [7, 11) is 0. The third-order valence-electron chi connectivity index (χ3n) is 4.80. The molecule has 2 aromatic carbocycles. The molecule has 0 unspecified atom stereocenters. The fourth-order valence-corrected chi connectivity index (χ4v) is 3.26. The lowest BCUT2D eigenvalue weighted by Crippen LogP contribution is -2.12. The van der Waals surface area contributed by atoms with E-state index >= 15 is 0 Å². The minimum absolute atomic E-state index is 0.120. The summed E-state index contributed by atoms with van der Waals surface area (Å²) in [6, 6.07) is 17.1. The second-order valence-electron chi connectivity index (χ2n) is 7.16. The van der Waals surface area contributed by atoms with Gasteiger partial charge >= 0.3 is 0 Å². The van der Waals surface area contributed by atoms with Crippen molar-refractivity contribution < 1.29 is 18.3 Å². The largest absolute Gasteiger partial charge is 0.486 e. The van der Waals surface area contributed by atoms with Gasteiger partial charge in [-0.25, -0.2) is 4.39 Å². The quantitative estimate of drug-likeness (QED) is 0.371. The molecule has 6 nitrogen and oxygen atoms in total. The number of aromatic nitrogens is 2. The number of furan rings is 1. The number of anilines is 1. The van der Waals surface area contributed by atoms with Gasteiger partial charge in [-0.15, -0.1) is 0 Å². The average molecular weight is 454 g/mol. The second kappa shape index (κ2) is 9.70. The molecular weight excluding hydrogens is 433 g/mol. The van der Waals surface area contributed by atoms with E-state index in [2.05, 4.69) is 17.3 Å². The topological polar surface area (TPSA) is 69.3 Å². The average Bonchev–Trinajstić information content (AvgIpc) is 3.41. The minimum atomic E-state index is -0.475. The molecule has 0 saturated carbocycles. The Bertz CT molecular complexity index is 1200. The van der Waals surface area contributed by atoms with E-state index in [4.69, 9.17) is 20.8 Å². The highest BCUT2D eigenvalue weighted by atomic mass is 35.5. The Kier molecular flexibility index (Phi) is 6.56. The molecule has 32 heavy (non-hydrogen) atoms. The van der Waals surface area contributed by atoms with Gasteiger partial charge in [-0.05, 0) is 53.9 Å². The van der Waals surface area contributed by atoms with Crippen LogP contribution in [0.1, 0.15) is 34.4 Å². The molecular formula is C24H21ClFN3O3. The Labute approximate surface area is 189 Å². The molecule has 0 fully saturated rings. The molecule has 0 aliphatic rings. The summed E-state index contributed by atoms with van der Waals surface area (Å²) in [4.78, 5) is 12.5. The predicted molar refractivity (Wildman–Crippen MR) is 120 cm³/mol. The Morgan fingerprint density at radius 3 is 2.53 bits per heavy atom. The number of halogens is 2. The summed E-state index contributed by atoms with van der Waals surface area (Å²) in [6.07, 6.45) is 2.55. The van der Waals surface area contributed by atoms with Gasteiger partial charge in [0.2, 0.25) is 0 Å². The monoisotopic (exact) mass is 453 g/mol. The first-order valence-corrected chi connectivity index (χ1v) is 10.5. The standard InChI is InChI=1S/C24H21ClFN3O3/c1-2-16-5-9-19(10-6-16)31-15-20-11-12-22(32-20)24(30)27-23-21(25)14-29(28-23)13-17-3-7-18(26)8-4-17/h3-12,14H,2,13,15H2,1H3,(H,27,28,30). The van der Waals surface area contributed by atoms with E-state index < -0.39 is 5.91 Å². The van der Waals surface area contributed by atoms with Gasteiger partial charge in [-0.2, -0.15) is 5.10 Å². The molecule has 0 atom stereocenters. The molecule has 164 valence electrons. The predicted octanol–water partition coefficient (Wildman–Crippen LogP) is 5.71. The zero-order valence-electron chi connectivity index (χ0n) is 17.3. The van der Waals surface area contributed by atoms with Gasteiger partial charge < -0.3 is 14.5 Å². The molecule has 0 aliphatic heterocycles. The van der Waals surface area contributed by atoms with Crippen LogP contribution in [0.3, 0.4) is 0 Å². The first-order valence-electron chi connectivity index (χ1n) is 10.1. The SMILES string of the molecule is CCc1ccc(OCc2ccc(C(=O)Nc3nn(Cc4ccc(F)cc4)cc3Cl)o2)cc1. The van der Waals surface area contributed by atoms with E-state index in [1.807, 2.05) is 24.3 Å². The van der Waals surface area contributed by atoms with E-state index in [1.54, 1.807) is 35.1 Å². The number of nitrogens with zero attached hydrogens (tertiary/aromatic N) is 2. The van der Waals surface area contributed by atoms with E-state index in [1.165, 1.54) is 17.7 Å². The Morgan fingerprint density at radius 1 is 1.09 bits per heavy atom. The first kappa shape index (κ1) is 21.6. The molecule has 8 heteroatoms.